The number of hydrogen-bond donors (Lipinski definition) is 2. The molecule has 0 atom stereocenters. The van der Waals surface area contributed by atoms with Gasteiger partial charge in [0.2, 0.25) is 0 Å². The highest BCUT2D eigenvalue weighted by Gasteiger charge is 2.05. The van der Waals surface area contributed by atoms with E-state index in [1.165, 1.54) is 0 Å². The lowest BCUT2D eigenvalue weighted by Crippen LogP contribution is -2.35. The van der Waals surface area contributed by atoms with Crippen LogP contribution in [0, 0.1) is 0 Å². The number of aromatic nitrogens is 1. The Morgan fingerprint density at radius 1 is 1.04 bits per heavy atom. The minimum Gasteiger partial charge on any atom is -0.467 e. The molecule has 1 aromatic carbocycles. The van der Waals surface area contributed by atoms with Crippen LogP contribution >= 0.6 is 11.6 Å². The summed E-state index contributed by atoms with van der Waals surface area (Å²) in [6, 6.07) is 15.1. The molecule has 2 heterocycles. The van der Waals surface area contributed by atoms with Gasteiger partial charge >= 0.3 is 6.03 Å². The van der Waals surface area contributed by atoms with E-state index in [0.29, 0.717) is 13.1 Å². The number of nitrogens with one attached hydrogen (secondary N) is 2. The molecule has 0 radical (unpaired) electrons. The van der Waals surface area contributed by atoms with Crippen LogP contribution in [0.1, 0.15) is 17.0 Å². The van der Waals surface area contributed by atoms with Crippen LogP contribution in [0.2, 0.25) is 5.02 Å². The Morgan fingerprint density at radius 2 is 1.83 bits per heavy atom. The summed E-state index contributed by atoms with van der Waals surface area (Å²) >= 11 is 5.91. The van der Waals surface area contributed by atoms with Gasteiger partial charge in [-0.1, -0.05) is 23.7 Å². The molecule has 6 heteroatoms. The summed E-state index contributed by atoms with van der Waals surface area (Å²) < 4.78 is 7.27. The van der Waals surface area contributed by atoms with Crippen molar-refractivity contribution in [2.75, 3.05) is 0 Å². The van der Waals surface area contributed by atoms with Crippen molar-refractivity contribution in [2.24, 2.45) is 0 Å². The number of carbonyl (C=O) groups excluding carboxylic acids is 1. The first-order valence-electron chi connectivity index (χ1n) is 7.63. The van der Waals surface area contributed by atoms with Crippen LogP contribution in [0.15, 0.2) is 65.4 Å². The molecular formula is C18H18ClN3O2. The SMILES string of the molecule is O=C(NCc1ccco1)NCc1cccn1Cc1ccc(Cl)cc1. The van der Waals surface area contributed by atoms with Gasteiger partial charge in [-0.3, -0.25) is 0 Å². The summed E-state index contributed by atoms with van der Waals surface area (Å²) in [4.78, 5) is 11.9. The molecule has 2 N–H and O–H groups in total. The monoisotopic (exact) mass is 343 g/mol. The lowest BCUT2D eigenvalue weighted by Gasteiger charge is -2.11. The Hall–Kier alpha value is -2.66. The molecule has 0 aliphatic heterocycles. The Labute approximate surface area is 145 Å². The van der Waals surface area contributed by atoms with E-state index in [1.807, 2.05) is 48.7 Å². The van der Waals surface area contributed by atoms with Gasteiger partial charge in [-0.2, -0.15) is 0 Å². The average molecular weight is 344 g/mol. The highest BCUT2D eigenvalue weighted by molar-refractivity contribution is 6.30. The molecule has 2 amide bonds. The van der Waals surface area contributed by atoms with E-state index in [1.54, 1.807) is 12.3 Å². The molecule has 124 valence electrons. The fourth-order valence-electron chi connectivity index (χ4n) is 2.36. The van der Waals surface area contributed by atoms with Gasteiger partial charge in [0.25, 0.3) is 0 Å². The number of urea groups is 1. The maximum absolute atomic E-state index is 11.9. The fourth-order valence-corrected chi connectivity index (χ4v) is 2.49. The van der Waals surface area contributed by atoms with Crippen molar-refractivity contribution in [3.8, 4) is 0 Å². The molecular weight excluding hydrogens is 326 g/mol. The normalized spacial score (nSPS) is 10.5. The molecule has 0 saturated heterocycles. The molecule has 0 aliphatic rings. The predicted octanol–water partition coefficient (Wildman–Crippen LogP) is 3.78. The number of carbonyl (C=O) groups is 1. The van der Waals surface area contributed by atoms with Crippen LogP contribution in [0.4, 0.5) is 4.79 Å². The molecule has 0 bridgehead atoms. The van der Waals surface area contributed by atoms with Crippen molar-refractivity contribution in [1.29, 1.82) is 0 Å². The molecule has 24 heavy (non-hydrogen) atoms. The second-order valence-corrected chi connectivity index (χ2v) is 5.81. The van der Waals surface area contributed by atoms with E-state index in [2.05, 4.69) is 15.2 Å². The lowest BCUT2D eigenvalue weighted by molar-refractivity contribution is 0.239. The van der Waals surface area contributed by atoms with E-state index >= 15 is 0 Å². The highest BCUT2D eigenvalue weighted by Crippen LogP contribution is 2.12. The number of rotatable bonds is 6. The van der Waals surface area contributed by atoms with Crippen LogP contribution in [0.25, 0.3) is 0 Å². The minimum absolute atomic E-state index is 0.231. The Kier molecular flexibility index (Phi) is 5.23. The number of benzene rings is 1. The van der Waals surface area contributed by atoms with E-state index < -0.39 is 0 Å². The second-order valence-electron chi connectivity index (χ2n) is 5.37. The van der Waals surface area contributed by atoms with Gasteiger partial charge in [0.05, 0.1) is 19.4 Å². The third-order valence-corrected chi connectivity index (χ3v) is 3.88. The molecule has 0 unspecified atom stereocenters. The molecule has 3 aromatic rings. The maximum Gasteiger partial charge on any atom is 0.315 e. The summed E-state index contributed by atoms with van der Waals surface area (Å²) in [5.74, 6) is 0.719. The average Bonchev–Trinajstić information content (AvgIpc) is 3.25. The quantitative estimate of drug-likeness (QED) is 0.715. The number of furan rings is 1. The highest BCUT2D eigenvalue weighted by atomic mass is 35.5. The third-order valence-electron chi connectivity index (χ3n) is 3.62. The molecule has 2 aromatic heterocycles. The largest absolute Gasteiger partial charge is 0.467 e. The number of hydrogen-bond acceptors (Lipinski definition) is 2. The lowest BCUT2D eigenvalue weighted by atomic mass is 10.2. The molecule has 0 spiro atoms. The molecule has 0 aliphatic carbocycles. The zero-order chi connectivity index (χ0) is 16.8. The summed E-state index contributed by atoms with van der Waals surface area (Å²) in [7, 11) is 0. The summed E-state index contributed by atoms with van der Waals surface area (Å²) in [6.45, 7) is 1.55. The molecule has 0 fully saturated rings. The van der Waals surface area contributed by atoms with Gasteiger partial charge in [-0.25, -0.2) is 4.79 Å². The van der Waals surface area contributed by atoms with Crippen LogP contribution in [0.3, 0.4) is 0 Å². The topological polar surface area (TPSA) is 59.2 Å². The Balaban J connectivity index is 1.51. The van der Waals surface area contributed by atoms with Crippen molar-refractivity contribution in [3.05, 3.63) is 83.0 Å². The summed E-state index contributed by atoms with van der Waals surface area (Å²) in [5.41, 5.74) is 2.18. The first-order chi connectivity index (χ1) is 11.7. The van der Waals surface area contributed by atoms with Crippen molar-refractivity contribution >= 4 is 17.6 Å². The predicted molar refractivity (Wildman–Crippen MR) is 92.8 cm³/mol. The van der Waals surface area contributed by atoms with E-state index in [4.69, 9.17) is 16.0 Å². The third kappa shape index (κ3) is 4.43. The van der Waals surface area contributed by atoms with Crippen LogP contribution in [-0.4, -0.2) is 10.6 Å². The zero-order valence-corrected chi connectivity index (χ0v) is 13.8. The Bertz CT molecular complexity index is 779. The minimum atomic E-state index is -0.231. The standard InChI is InChI=1S/C18H18ClN3O2/c19-15-7-5-14(6-8-15)13-22-9-1-3-16(22)11-20-18(23)21-12-17-4-2-10-24-17/h1-10H,11-13H2,(H2,20,21,23). The van der Waals surface area contributed by atoms with Gasteiger partial charge in [0.1, 0.15) is 5.76 Å². The fraction of sp³-hybridized carbons (Fsp3) is 0.167. The van der Waals surface area contributed by atoms with Crippen molar-refractivity contribution in [2.45, 2.75) is 19.6 Å². The summed E-state index contributed by atoms with van der Waals surface area (Å²) in [5, 5.41) is 6.33. The second kappa shape index (κ2) is 7.75. The first-order valence-corrected chi connectivity index (χ1v) is 8.01. The maximum atomic E-state index is 11.9. The molecule has 3 rings (SSSR count). The molecule has 5 nitrogen and oxygen atoms in total. The van der Waals surface area contributed by atoms with Gasteiger partial charge < -0.3 is 19.6 Å². The van der Waals surface area contributed by atoms with Crippen molar-refractivity contribution in [3.63, 3.8) is 0 Å². The van der Waals surface area contributed by atoms with Crippen LogP contribution in [0.5, 0.6) is 0 Å². The number of amides is 2. The number of nitrogens with zero attached hydrogens (tertiary/aromatic N) is 1. The Morgan fingerprint density at radius 3 is 2.58 bits per heavy atom. The van der Waals surface area contributed by atoms with Gasteiger partial charge in [0, 0.05) is 23.5 Å². The van der Waals surface area contributed by atoms with Crippen LogP contribution < -0.4 is 10.6 Å². The van der Waals surface area contributed by atoms with Crippen molar-refractivity contribution < 1.29 is 9.21 Å². The zero-order valence-electron chi connectivity index (χ0n) is 13.0. The smallest absolute Gasteiger partial charge is 0.315 e. The number of halogens is 1. The van der Waals surface area contributed by atoms with E-state index in [9.17, 15) is 4.79 Å². The van der Waals surface area contributed by atoms with Crippen LogP contribution in [-0.2, 0) is 19.6 Å². The van der Waals surface area contributed by atoms with E-state index in [-0.39, 0.29) is 6.03 Å². The van der Waals surface area contributed by atoms with Crippen molar-refractivity contribution in [1.82, 2.24) is 15.2 Å². The van der Waals surface area contributed by atoms with Gasteiger partial charge in [-0.15, -0.1) is 0 Å². The van der Waals surface area contributed by atoms with Gasteiger partial charge in [-0.05, 0) is 42.0 Å². The van der Waals surface area contributed by atoms with E-state index in [0.717, 1.165) is 28.6 Å². The van der Waals surface area contributed by atoms with Gasteiger partial charge in [0.15, 0.2) is 0 Å². The summed E-state index contributed by atoms with van der Waals surface area (Å²) in [6.07, 6.45) is 3.57. The first kappa shape index (κ1) is 16.2. The molecule has 0 saturated carbocycles.